The Kier molecular flexibility index (Phi) is 6.00. The Balaban J connectivity index is 3.89. The lowest BCUT2D eigenvalue weighted by atomic mass is 9.91. The minimum Gasteiger partial charge on any atom is -0.465 e. The van der Waals surface area contributed by atoms with Crippen LogP contribution in [0.25, 0.3) is 0 Å². The van der Waals surface area contributed by atoms with Gasteiger partial charge in [-0.25, -0.2) is 8.42 Å². The molecule has 96 valence electrons. The second kappa shape index (κ2) is 6.23. The largest absolute Gasteiger partial charge is 0.465 e. The van der Waals surface area contributed by atoms with Crippen LogP contribution in [0.4, 0.5) is 0 Å². The normalized spacial score (nSPS) is 12.5. The lowest BCUT2D eigenvalue weighted by Gasteiger charge is -2.20. The molecule has 0 aliphatic carbocycles. The molecular formula is C11H22O4S. The fraction of sp³-hybridized carbons (Fsp3) is 0.909. The van der Waals surface area contributed by atoms with Crippen molar-refractivity contribution < 1.29 is 17.9 Å². The number of hydrogen-bond donors (Lipinski definition) is 0. The summed E-state index contributed by atoms with van der Waals surface area (Å²) in [5.41, 5.74) is -0.483. The highest BCUT2D eigenvalue weighted by molar-refractivity contribution is 7.91. The van der Waals surface area contributed by atoms with Crippen LogP contribution in [0.1, 0.15) is 40.5 Å². The average Bonchev–Trinajstić information content (AvgIpc) is 2.24. The lowest BCUT2D eigenvalue weighted by Crippen LogP contribution is -2.26. The number of esters is 1. The number of hydrogen-bond acceptors (Lipinski definition) is 4. The second-order valence-electron chi connectivity index (χ2n) is 4.46. The maximum atomic E-state index is 11.5. The molecule has 0 heterocycles. The van der Waals surface area contributed by atoms with Crippen LogP contribution < -0.4 is 0 Å². The molecule has 0 aromatic heterocycles. The van der Waals surface area contributed by atoms with Crippen molar-refractivity contribution in [3.05, 3.63) is 0 Å². The van der Waals surface area contributed by atoms with E-state index in [-0.39, 0.29) is 24.1 Å². The van der Waals surface area contributed by atoms with Crippen molar-refractivity contribution in [3.8, 4) is 0 Å². The molecule has 4 nitrogen and oxygen atoms in total. The molecule has 0 atom stereocenters. The van der Waals surface area contributed by atoms with Gasteiger partial charge in [0, 0.05) is 5.75 Å². The first kappa shape index (κ1) is 15.4. The number of carbonyl (C=O) groups excluding carboxylic acids is 1. The molecule has 0 aromatic rings. The fourth-order valence-electron chi connectivity index (χ4n) is 0.928. The molecule has 0 spiro atoms. The van der Waals surface area contributed by atoms with E-state index in [9.17, 15) is 13.2 Å². The number of sulfone groups is 1. The van der Waals surface area contributed by atoms with Crippen molar-refractivity contribution in [1.29, 1.82) is 0 Å². The van der Waals surface area contributed by atoms with E-state index in [1.54, 1.807) is 6.92 Å². The van der Waals surface area contributed by atoms with Gasteiger partial charge in [-0.2, -0.15) is 0 Å². The Morgan fingerprint density at radius 2 is 1.81 bits per heavy atom. The van der Waals surface area contributed by atoms with Crippen LogP contribution >= 0.6 is 0 Å². The molecule has 0 N–H and O–H groups in total. The summed E-state index contributed by atoms with van der Waals surface area (Å²) in [6, 6.07) is 0. The van der Waals surface area contributed by atoms with E-state index in [2.05, 4.69) is 0 Å². The van der Waals surface area contributed by atoms with Crippen molar-refractivity contribution in [1.82, 2.24) is 0 Å². The molecule has 0 radical (unpaired) electrons. The SMILES string of the molecule is CCC(C)(C)C(=O)OCCCS(=O)(=O)CC. The van der Waals surface area contributed by atoms with E-state index in [1.165, 1.54) is 0 Å². The van der Waals surface area contributed by atoms with Gasteiger partial charge in [0.1, 0.15) is 9.84 Å². The van der Waals surface area contributed by atoms with Gasteiger partial charge in [0.05, 0.1) is 17.8 Å². The van der Waals surface area contributed by atoms with Gasteiger partial charge < -0.3 is 4.74 Å². The standard InChI is InChI=1S/C11H22O4S/c1-5-11(3,4)10(12)15-8-7-9-16(13,14)6-2/h5-9H2,1-4H3. The molecular weight excluding hydrogens is 228 g/mol. The lowest BCUT2D eigenvalue weighted by molar-refractivity contribution is -0.154. The molecule has 16 heavy (non-hydrogen) atoms. The molecule has 0 fully saturated rings. The Labute approximate surface area is 98.3 Å². The van der Waals surface area contributed by atoms with Gasteiger partial charge >= 0.3 is 5.97 Å². The highest BCUT2D eigenvalue weighted by Crippen LogP contribution is 2.21. The highest BCUT2D eigenvalue weighted by atomic mass is 32.2. The first-order valence-corrected chi connectivity index (χ1v) is 7.45. The van der Waals surface area contributed by atoms with Crippen molar-refractivity contribution in [2.45, 2.75) is 40.5 Å². The number of ether oxygens (including phenoxy) is 1. The Hall–Kier alpha value is -0.580. The zero-order valence-electron chi connectivity index (χ0n) is 10.6. The van der Waals surface area contributed by atoms with Crippen LogP contribution in [-0.4, -0.2) is 32.5 Å². The summed E-state index contributed by atoms with van der Waals surface area (Å²) in [7, 11) is -2.95. The molecule has 0 saturated carbocycles. The van der Waals surface area contributed by atoms with Crippen LogP contribution in [0, 0.1) is 5.41 Å². The van der Waals surface area contributed by atoms with Crippen LogP contribution in [0.2, 0.25) is 0 Å². The van der Waals surface area contributed by atoms with Crippen LogP contribution in [0.3, 0.4) is 0 Å². The molecule has 0 bridgehead atoms. The first-order valence-electron chi connectivity index (χ1n) is 5.63. The van der Waals surface area contributed by atoms with Gasteiger partial charge in [0.25, 0.3) is 0 Å². The summed E-state index contributed by atoms with van der Waals surface area (Å²) < 4.78 is 27.3. The van der Waals surface area contributed by atoms with E-state index >= 15 is 0 Å². The van der Waals surface area contributed by atoms with Crippen molar-refractivity contribution in [2.24, 2.45) is 5.41 Å². The van der Waals surface area contributed by atoms with E-state index in [0.29, 0.717) is 12.8 Å². The molecule has 0 aromatic carbocycles. The van der Waals surface area contributed by atoms with Crippen molar-refractivity contribution in [3.63, 3.8) is 0 Å². The van der Waals surface area contributed by atoms with Gasteiger partial charge in [-0.05, 0) is 26.7 Å². The van der Waals surface area contributed by atoms with Gasteiger partial charge in [0.2, 0.25) is 0 Å². The average molecular weight is 250 g/mol. The van der Waals surface area contributed by atoms with Crippen LogP contribution in [0.5, 0.6) is 0 Å². The Morgan fingerprint density at radius 1 is 1.25 bits per heavy atom. The summed E-state index contributed by atoms with van der Waals surface area (Å²) in [4.78, 5) is 11.5. The van der Waals surface area contributed by atoms with E-state index < -0.39 is 15.3 Å². The molecule has 0 unspecified atom stereocenters. The summed E-state index contributed by atoms with van der Waals surface area (Å²) >= 11 is 0. The summed E-state index contributed by atoms with van der Waals surface area (Å²) in [5.74, 6) is -0.0334. The molecule has 0 rings (SSSR count). The van der Waals surface area contributed by atoms with Gasteiger partial charge in [-0.3, -0.25) is 4.79 Å². The smallest absolute Gasteiger partial charge is 0.311 e. The summed E-state index contributed by atoms with van der Waals surface area (Å²) in [5, 5.41) is 0. The quantitative estimate of drug-likeness (QED) is 0.510. The van der Waals surface area contributed by atoms with Gasteiger partial charge in [0.15, 0.2) is 0 Å². The monoisotopic (exact) mass is 250 g/mol. The van der Waals surface area contributed by atoms with Crippen LogP contribution in [-0.2, 0) is 19.4 Å². The maximum absolute atomic E-state index is 11.5. The first-order chi connectivity index (χ1) is 7.25. The molecule has 0 aliphatic heterocycles. The van der Waals surface area contributed by atoms with Crippen molar-refractivity contribution in [2.75, 3.05) is 18.1 Å². The maximum Gasteiger partial charge on any atom is 0.311 e. The zero-order chi connectivity index (χ0) is 12.8. The molecule has 5 heteroatoms. The highest BCUT2D eigenvalue weighted by Gasteiger charge is 2.26. The van der Waals surface area contributed by atoms with Crippen molar-refractivity contribution >= 4 is 15.8 Å². The summed E-state index contributed by atoms with van der Waals surface area (Å²) in [6.45, 7) is 7.35. The molecule has 0 amide bonds. The number of rotatable bonds is 7. The zero-order valence-corrected chi connectivity index (χ0v) is 11.4. The minimum absolute atomic E-state index is 0.0866. The molecule has 0 saturated heterocycles. The second-order valence-corrected chi connectivity index (χ2v) is 6.94. The van der Waals surface area contributed by atoms with Gasteiger partial charge in [-0.15, -0.1) is 0 Å². The van der Waals surface area contributed by atoms with E-state index in [4.69, 9.17) is 4.74 Å². The van der Waals surface area contributed by atoms with E-state index in [0.717, 1.165) is 0 Å². The predicted octanol–water partition coefficient (Wildman–Crippen LogP) is 1.79. The Bertz CT molecular complexity index is 317. The minimum atomic E-state index is -2.95. The van der Waals surface area contributed by atoms with E-state index in [1.807, 2.05) is 20.8 Å². The topological polar surface area (TPSA) is 60.4 Å². The predicted molar refractivity (Wildman–Crippen MR) is 64.0 cm³/mol. The van der Waals surface area contributed by atoms with Gasteiger partial charge in [-0.1, -0.05) is 13.8 Å². The third-order valence-electron chi connectivity index (χ3n) is 2.71. The van der Waals surface area contributed by atoms with Crippen LogP contribution in [0.15, 0.2) is 0 Å². The fourth-order valence-corrected chi connectivity index (χ4v) is 1.77. The third kappa shape index (κ3) is 5.49. The third-order valence-corrected chi connectivity index (χ3v) is 4.50. The molecule has 0 aliphatic rings. The Morgan fingerprint density at radius 3 is 2.25 bits per heavy atom. The number of carbonyl (C=O) groups is 1. The summed E-state index contributed by atoms with van der Waals surface area (Å²) in [6.07, 6.45) is 1.08.